The van der Waals surface area contributed by atoms with Gasteiger partial charge in [0.05, 0.1) is 6.04 Å². The van der Waals surface area contributed by atoms with E-state index in [0.29, 0.717) is 6.42 Å². The van der Waals surface area contributed by atoms with Crippen molar-refractivity contribution in [2.24, 2.45) is 5.73 Å². The van der Waals surface area contributed by atoms with Gasteiger partial charge in [0, 0.05) is 12.6 Å². The Balaban J connectivity index is 3.69. The van der Waals surface area contributed by atoms with Crippen molar-refractivity contribution in [2.45, 2.75) is 51.6 Å². The second-order valence-corrected chi connectivity index (χ2v) is 3.67. The van der Waals surface area contributed by atoms with Crippen molar-refractivity contribution in [2.75, 3.05) is 6.61 Å². The summed E-state index contributed by atoms with van der Waals surface area (Å²) in [5, 5.41) is 11.4. The van der Waals surface area contributed by atoms with Crippen LogP contribution in [0.3, 0.4) is 0 Å². The second kappa shape index (κ2) is 7.76. The highest BCUT2D eigenvalue weighted by Crippen LogP contribution is 1.98. The lowest BCUT2D eigenvalue weighted by Crippen LogP contribution is -2.44. The first kappa shape index (κ1) is 13.4. The second-order valence-electron chi connectivity index (χ2n) is 3.67. The van der Waals surface area contributed by atoms with Gasteiger partial charge in [-0.3, -0.25) is 4.79 Å². The Morgan fingerprint density at radius 1 is 1.50 bits per heavy atom. The maximum absolute atomic E-state index is 11.4. The molecule has 14 heavy (non-hydrogen) atoms. The quantitative estimate of drug-likeness (QED) is 0.559. The lowest BCUT2D eigenvalue weighted by molar-refractivity contribution is -0.123. The number of carbonyl (C=O) groups is 1. The molecule has 2 atom stereocenters. The number of amides is 1. The molecule has 0 radical (unpaired) electrons. The first-order valence-electron chi connectivity index (χ1n) is 5.28. The number of rotatable bonds is 7. The summed E-state index contributed by atoms with van der Waals surface area (Å²) in [5.41, 5.74) is 5.64. The Kier molecular flexibility index (Phi) is 7.42. The molecule has 4 nitrogen and oxygen atoms in total. The molecule has 4 heteroatoms. The third-order valence-electron chi connectivity index (χ3n) is 2.12. The van der Waals surface area contributed by atoms with E-state index in [1.54, 1.807) is 0 Å². The first-order valence-corrected chi connectivity index (χ1v) is 5.28. The molecule has 0 aliphatic rings. The summed E-state index contributed by atoms with van der Waals surface area (Å²) in [5.74, 6) is -0.0858. The van der Waals surface area contributed by atoms with Crippen molar-refractivity contribution in [1.29, 1.82) is 0 Å². The maximum atomic E-state index is 11.4. The lowest BCUT2D eigenvalue weighted by Gasteiger charge is -2.16. The molecule has 0 heterocycles. The standard InChI is InChI=1S/C10H22N2O2/c1-3-5-9(11)10(14)12-8(2)6-4-7-13/h8-9,13H,3-7,11H2,1-2H3,(H,12,14)/t8?,9-/m1/s1. The molecule has 84 valence electrons. The number of carbonyl (C=O) groups excluding carboxylic acids is 1. The van der Waals surface area contributed by atoms with E-state index in [0.717, 1.165) is 19.3 Å². The largest absolute Gasteiger partial charge is 0.396 e. The summed E-state index contributed by atoms with van der Waals surface area (Å²) in [6.07, 6.45) is 3.14. The smallest absolute Gasteiger partial charge is 0.237 e. The van der Waals surface area contributed by atoms with Crippen molar-refractivity contribution in [3.63, 3.8) is 0 Å². The number of nitrogens with one attached hydrogen (secondary N) is 1. The van der Waals surface area contributed by atoms with E-state index in [9.17, 15) is 4.79 Å². The summed E-state index contributed by atoms with van der Waals surface area (Å²) in [6, 6.07) is -0.297. The number of hydrogen-bond acceptors (Lipinski definition) is 3. The van der Waals surface area contributed by atoms with E-state index >= 15 is 0 Å². The molecule has 0 saturated heterocycles. The highest BCUT2D eigenvalue weighted by atomic mass is 16.2. The molecule has 0 aromatic heterocycles. The van der Waals surface area contributed by atoms with Crippen LogP contribution < -0.4 is 11.1 Å². The summed E-state index contributed by atoms with van der Waals surface area (Å²) in [6.45, 7) is 4.09. The average molecular weight is 202 g/mol. The fourth-order valence-corrected chi connectivity index (χ4v) is 1.26. The molecule has 0 bridgehead atoms. The molecule has 0 aliphatic carbocycles. The van der Waals surface area contributed by atoms with Crippen LogP contribution in [0.1, 0.15) is 39.5 Å². The number of aliphatic hydroxyl groups is 1. The van der Waals surface area contributed by atoms with Gasteiger partial charge in [0.25, 0.3) is 0 Å². The van der Waals surface area contributed by atoms with Crippen LogP contribution in [0.5, 0.6) is 0 Å². The van der Waals surface area contributed by atoms with Gasteiger partial charge in [-0.1, -0.05) is 13.3 Å². The molecule has 0 aliphatic heterocycles. The van der Waals surface area contributed by atoms with Gasteiger partial charge in [0.15, 0.2) is 0 Å². The Hall–Kier alpha value is -0.610. The fraction of sp³-hybridized carbons (Fsp3) is 0.900. The van der Waals surface area contributed by atoms with Gasteiger partial charge in [-0.15, -0.1) is 0 Å². The van der Waals surface area contributed by atoms with Crippen LogP contribution in [0.4, 0.5) is 0 Å². The van der Waals surface area contributed by atoms with Crippen LogP contribution in [0.15, 0.2) is 0 Å². The van der Waals surface area contributed by atoms with Crippen molar-refractivity contribution >= 4 is 5.91 Å². The van der Waals surface area contributed by atoms with E-state index in [4.69, 9.17) is 10.8 Å². The van der Waals surface area contributed by atoms with Gasteiger partial charge in [-0.2, -0.15) is 0 Å². The number of hydrogen-bond donors (Lipinski definition) is 3. The first-order chi connectivity index (χ1) is 6.61. The van der Waals surface area contributed by atoms with Crippen molar-refractivity contribution < 1.29 is 9.90 Å². The minimum Gasteiger partial charge on any atom is -0.396 e. The predicted molar refractivity (Wildman–Crippen MR) is 56.8 cm³/mol. The fourth-order valence-electron chi connectivity index (χ4n) is 1.26. The molecule has 0 aromatic carbocycles. The van der Waals surface area contributed by atoms with Gasteiger partial charge in [0.2, 0.25) is 5.91 Å². The third kappa shape index (κ3) is 5.94. The van der Waals surface area contributed by atoms with Crippen LogP contribution in [-0.2, 0) is 4.79 Å². The maximum Gasteiger partial charge on any atom is 0.237 e. The summed E-state index contributed by atoms with van der Waals surface area (Å²) in [7, 11) is 0. The monoisotopic (exact) mass is 202 g/mol. The minimum atomic E-state index is -0.392. The number of aliphatic hydroxyl groups excluding tert-OH is 1. The average Bonchev–Trinajstić information content (AvgIpc) is 2.15. The topological polar surface area (TPSA) is 75.4 Å². The van der Waals surface area contributed by atoms with Crippen molar-refractivity contribution in [3.8, 4) is 0 Å². The highest BCUT2D eigenvalue weighted by Gasteiger charge is 2.13. The van der Waals surface area contributed by atoms with E-state index in [1.165, 1.54) is 0 Å². The molecule has 1 unspecified atom stereocenters. The van der Waals surface area contributed by atoms with E-state index in [1.807, 2.05) is 13.8 Å². The SMILES string of the molecule is CCC[C@@H](N)C(=O)NC(C)CCCO. The normalized spacial score (nSPS) is 14.9. The predicted octanol–water partition coefficient (Wildman–Crippen LogP) is 0.391. The summed E-state index contributed by atoms with van der Waals surface area (Å²) in [4.78, 5) is 11.4. The number of nitrogens with two attached hydrogens (primary N) is 1. The molecular weight excluding hydrogens is 180 g/mol. The molecule has 0 saturated carbocycles. The summed E-state index contributed by atoms with van der Waals surface area (Å²) >= 11 is 0. The van der Waals surface area contributed by atoms with Gasteiger partial charge in [0.1, 0.15) is 0 Å². The highest BCUT2D eigenvalue weighted by molar-refractivity contribution is 5.81. The van der Waals surface area contributed by atoms with Crippen LogP contribution in [0.25, 0.3) is 0 Å². The molecule has 0 rings (SSSR count). The lowest BCUT2D eigenvalue weighted by atomic mass is 10.1. The van der Waals surface area contributed by atoms with Crippen molar-refractivity contribution in [3.05, 3.63) is 0 Å². The molecule has 1 amide bonds. The zero-order valence-corrected chi connectivity index (χ0v) is 9.12. The Labute approximate surface area is 85.9 Å². The van der Waals surface area contributed by atoms with Gasteiger partial charge >= 0.3 is 0 Å². The van der Waals surface area contributed by atoms with Crippen LogP contribution in [0.2, 0.25) is 0 Å². The third-order valence-corrected chi connectivity index (χ3v) is 2.12. The van der Waals surface area contributed by atoms with E-state index in [-0.39, 0.29) is 18.6 Å². The van der Waals surface area contributed by atoms with E-state index in [2.05, 4.69) is 5.32 Å². The van der Waals surface area contributed by atoms with Gasteiger partial charge in [-0.25, -0.2) is 0 Å². The van der Waals surface area contributed by atoms with Crippen LogP contribution in [0, 0.1) is 0 Å². The molecule has 0 aromatic rings. The zero-order valence-electron chi connectivity index (χ0n) is 9.12. The molecule has 0 fully saturated rings. The molecule has 0 spiro atoms. The van der Waals surface area contributed by atoms with E-state index < -0.39 is 6.04 Å². The van der Waals surface area contributed by atoms with Crippen LogP contribution >= 0.6 is 0 Å². The molecular formula is C10H22N2O2. The van der Waals surface area contributed by atoms with Crippen LogP contribution in [-0.4, -0.2) is 29.7 Å². The zero-order chi connectivity index (χ0) is 11.0. The van der Waals surface area contributed by atoms with Gasteiger partial charge < -0.3 is 16.2 Å². The minimum absolute atomic E-state index is 0.0858. The Morgan fingerprint density at radius 3 is 2.64 bits per heavy atom. The molecule has 4 N–H and O–H groups in total. The summed E-state index contributed by atoms with van der Waals surface area (Å²) < 4.78 is 0. The Morgan fingerprint density at radius 2 is 2.14 bits per heavy atom. The Bertz CT molecular complexity index is 162. The van der Waals surface area contributed by atoms with Crippen molar-refractivity contribution in [1.82, 2.24) is 5.32 Å². The van der Waals surface area contributed by atoms with Gasteiger partial charge in [-0.05, 0) is 26.2 Å².